The van der Waals surface area contributed by atoms with Crippen LogP contribution in [0, 0.1) is 5.92 Å². The highest BCUT2D eigenvalue weighted by Gasteiger charge is 2.19. The zero-order valence-electron chi connectivity index (χ0n) is 12.0. The van der Waals surface area contributed by atoms with E-state index in [1.54, 1.807) is 24.7 Å². The van der Waals surface area contributed by atoms with Crippen molar-refractivity contribution >= 4 is 0 Å². The average Bonchev–Trinajstić information content (AvgIpc) is 2.88. The van der Waals surface area contributed by atoms with Crippen molar-refractivity contribution in [2.45, 2.75) is 26.4 Å². The van der Waals surface area contributed by atoms with Crippen LogP contribution in [0.4, 0.5) is 8.78 Å². The van der Waals surface area contributed by atoms with E-state index in [1.807, 2.05) is 4.57 Å². The van der Waals surface area contributed by atoms with Gasteiger partial charge in [-0.2, -0.15) is 8.78 Å². The molecule has 21 heavy (non-hydrogen) atoms. The van der Waals surface area contributed by atoms with Crippen LogP contribution in [0.1, 0.15) is 25.5 Å². The maximum absolute atomic E-state index is 12.1. The van der Waals surface area contributed by atoms with Gasteiger partial charge in [-0.05, 0) is 30.2 Å². The van der Waals surface area contributed by atoms with Crippen molar-refractivity contribution in [3.63, 3.8) is 0 Å². The summed E-state index contributed by atoms with van der Waals surface area (Å²) in [5.74, 6) is 0.700. The van der Waals surface area contributed by atoms with E-state index in [9.17, 15) is 8.78 Å². The van der Waals surface area contributed by atoms with Crippen LogP contribution in [0.15, 0.2) is 36.8 Å². The first kappa shape index (κ1) is 15.4. The average molecular weight is 295 g/mol. The van der Waals surface area contributed by atoms with Crippen LogP contribution in [0.5, 0.6) is 5.75 Å². The quantitative estimate of drug-likeness (QED) is 0.890. The molecule has 0 aliphatic carbocycles. The summed E-state index contributed by atoms with van der Waals surface area (Å²) in [5.41, 5.74) is 7.69. The zero-order valence-corrected chi connectivity index (χ0v) is 12.0. The summed E-state index contributed by atoms with van der Waals surface area (Å²) in [6.45, 7) is 1.92. The normalized spacial score (nSPS) is 12.9. The number of hydrogen-bond donors (Lipinski definition) is 1. The van der Waals surface area contributed by atoms with Crippen molar-refractivity contribution in [1.29, 1.82) is 0 Å². The van der Waals surface area contributed by atoms with Gasteiger partial charge in [-0.15, -0.1) is 0 Å². The second kappa shape index (κ2) is 6.67. The Hall–Kier alpha value is -1.95. The molecule has 2 N–H and O–H groups in total. The van der Waals surface area contributed by atoms with Crippen LogP contribution in [0.2, 0.25) is 0 Å². The lowest BCUT2D eigenvalue weighted by Crippen LogP contribution is -2.20. The molecule has 1 heterocycles. The lowest BCUT2D eigenvalue weighted by molar-refractivity contribution is -0.0498. The number of ether oxygens (including phenoxy) is 1. The summed E-state index contributed by atoms with van der Waals surface area (Å²) in [6, 6.07) is 6.46. The van der Waals surface area contributed by atoms with Crippen molar-refractivity contribution in [2.75, 3.05) is 6.54 Å². The van der Waals surface area contributed by atoms with E-state index >= 15 is 0 Å². The predicted octanol–water partition coefficient (Wildman–Crippen LogP) is 3.17. The number of nitrogens with zero attached hydrogens (tertiary/aromatic N) is 2. The molecule has 0 aliphatic heterocycles. The van der Waals surface area contributed by atoms with E-state index in [2.05, 4.69) is 23.6 Å². The molecule has 0 radical (unpaired) electrons. The van der Waals surface area contributed by atoms with Gasteiger partial charge in [-0.1, -0.05) is 13.8 Å². The summed E-state index contributed by atoms with van der Waals surface area (Å²) in [7, 11) is 0. The van der Waals surface area contributed by atoms with E-state index in [0.29, 0.717) is 12.5 Å². The van der Waals surface area contributed by atoms with E-state index in [0.717, 1.165) is 11.4 Å². The fourth-order valence-electron chi connectivity index (χ4n) is 2.32. The molecular formula is C15H19F2N3O. The molecule has 1 unspecified atom stereocenters. The minimum absolute atomic E-state index is 0.134. The molecule has 0 bridgehead atoms. The first-order valence-electron chi connectivity index (χ1n) is 6.80. The van der Waals surface area contributed by atoms with Crippen LogP contribution in [-0.2, 0) is 0 Å². The fraction of sp³-hybridized carbons (Fsp3) is 0.400. The first-order valence-corrected chi connectivity index (χ1v) is 6.80. The van der Waals surface area contributed by atoms with Gasteiger partial charge in [-0.3, -0.25) is 0 Å². The van der Waals surface area contributed by atoms with Crippen molar-refractivity contribution in [2.24, 2.45) is 11.7 Å². The third kappa shape index (κ3) is 3.58. The Morgan fingerprint density at radius 2 is 1.90 bits per heavy atom. The first-order chi connectivity index (χ1) is 10.0. The Labute approximate surface area is 122 Å². The van der Waals surface area contributed by atoms with Gasteiger partial charge in [0.15, 0.2) is 0 Å². The Bertz CT molecular complexity index is 567. The molecule has 0 fully saturated rings. The third-order valence-corrected chi connectivity index (χ3v) is 3.45. The highest BCUT2D eigenvalue weighted by molar-refractivity contribution is 5.39. The molecule has 1 aromatic carbocycles. The molecule has 1 atom stereocenters. The standard InChI is InChI=1S/C15H19F2N3O/c1-10(2)13(7-18)14-8-19-9-20(14)11-3-5-12(6-4-11)21-15(16)17/h3-6,8-10,13,15H,7,18H2,1-2H3. The van der Waals surface area contributed by atoms with Gasteiger partial charge in [0.25, 0.3) is 0 Å². The molecule has 0 amide bonds. The Balaban J connectivity index is 2.28. The van der Waals surface area contributed by atoms with Gasteiger partial charge >= 0.3 is 6.61 Å². The van der Waals surface area contributed by atoms with Gasteiger partial charge in [-0.25, -0.2) is 4.98 Å². The second-order valence-electron chi connectivity index (χ2n) is 5.15. The molecule has 0 aliphatic rings. The molecule has 0 saturated heterocycles. The van der Waals surface area contributed by atoms with Crippen LogP contribution in [0.25, 0.3) is 5.69 Å². The lowest BCUT2D eigenvalue weighted by Gasteiger charge is -2.20. The van der Waals surface area contributed by atoms with Crippen molar-refractivity contribution in [3.8, 4) is 11.4 Å². The maximum Gasteiger partial charge on any atom is 0.387 e. The highest BCUT2D eigenvalue weighted by atomic mass is 19.3. The predicted molar refractivity (Wildman–Crippen MR) is 76.8 cm³/mol. The Morgan fingerprint density at radius 3 is 2.43 bits per heavy atom. The fourth-order valence-corrected chi connectivity index (χ4v) is 2.32. The van der Waals surface area contributed by atoms with Crippen LogP contribution in [0.3, 0.4) is 0 Å². The molecule has 1 aromatic heterocycles. The minimum Gasteiger partial charge on any atom is -0.435 e. The molecule has 0 spiro atoms. The van der Waals surface area contributed by atoms with E-state index in [4.69, 9.17) is 5.73 Å². The van der Waals surface area contributed by atoms with E-state index < -0.39 is 6.61 Å². The topological polar surface area (TPSA) is 53.1 Å². The molecule has 4 nitrogen and oxygen atoms in total. The summed E-state index contributed by atoms with van der Waals surface area (Å²) in [6.07, 6.45) is 3.49. The zero-order chi connectivity index (χ0) is 15.4. The SMILES string of the molecule is CC(C)C(CN)c1cncn1-c1ccc(OC(F)F)cc1. The summed E-state index contributed by atoms with van der Waals surface area (Å²) in [5, 5.41) is 0. The summed E-state index contributed by atoms with van der Waals surface area (Å²) < 4.78 is 30.6. The Morgan fingerprint density at radius 1 is 1.24 bits per heavy atom. The van der Waals surface area contributed by atoms with E-state index in [1.165, 1.54) is 12.1 Å². The van der Waals surface area contributed by atoms with Crippen LogP contribution >= 0.6 is 0 Å². The van der Waals surface area contributed by atoms with E-state index in [-0.39, 0.29) is 11.7 Å². The molecular weight excluding hydrogens is 276 g/mol. The third-order valence-electron chi connectivity index (χ3n) is 3.45. The van der Waals surface area contributed by atoms with Crippen molar-refractivity contribution in [3.05, 3.63) is 42.5 Å². The largest absolute Gasteiger partial charge is 0.435 e. The van der Waals surface area contributed by atoms with Crippen molar-refractivity contribution in [1.82, 2.24) is 9.55 Å². The molecule has 0 saturated carbocycles. The van der Waals surface area contributed by atoms with Gasteiger partial charge in [0, 0.05) is 30.0 Å². The number of rotatable bonds is 6. The Kier molecular flexibility index (Phi) is 4.90. The number of aromatic nitrogens is 2. The summed E-state index contributed by atoms with van der Waals surface area (Å²) in [4.78, 5) is 4.18. The lowest BCUT2D eigenvalue weighted by atomic mass is 9.93. The van der Waals surface area contributed by atoms with Crippen LogP contribution < -0.4 is 10.5 Å². The number of alkyl halides is 2. The van der Waals surface area contributed by atoms with Gasteiger partial charge in [0.2, 0.25) is 0 Å². The monoisotopic (exact) mass is 295 g/mol. The van der Waals surface area contributed by atoms with Crippen LogP contribution in [-0.4, -0.2) is 22.7 Å². The molecule has 2 rings (SSSR count). The van der Waals surface area contributed by atoms with Gasteiger partial charge < -0.3 is 15.0 Å². The second-order valence-corrected chi connectivity index (χ2v) is 5.15. The number of benzene rings is 1. The van der Waals surface area contributed by atoms with Crippen molar-refractivity contribution < 1.29 is 13.5 Å². The number of hydrogen-bond acceptors (Lipinski definition) is 3. The minimum atomic E-state index is -2.82. The van der Waals surface area contributed by atoms with Gasteiger partial charge in [0.05, 0.1) is 6.33 Å². The molecule has 114 valence electrons. The number of halogens is 2. The number of imidazole rings is 1. The smallest absolute Gasteiger partial charge is 0.387 e. The van der Waals surface area contributed by atoms with Gasteiger partial charge in [0.1, 0.15) is 5.75 Å². The molecule has 2 aromatic rings. The number of nitrogens with two attached hydrogens (primary N) is 1. The maximum atomic E-state index is 12.1. The highest BCUT2D eigenvalue weighted by Crippen LogP contribution is 2.26. The molecule has 6 heteroatoms. The summed E-state index contributed by atoms with van der Waals surface area (Å²) >= 11 is 0.